The summed E-state index contributed by atoms with van der Waals surface area (Å²) in [5.74, 6) is 2.76. The van der Waals surface area contributed by atoms with Crippen LogP contribution in [-0.2, 0) is 5.41 Å². The number of furan rings is 1. The third kappa shape index (κ3) is 12.9. The lowest BCUT2D eigenvalue weighted by atomic mass is 9.77. The summed E-state index contributed by atoms with van der Waals surface area (Å²) >= 11 is 1.70. The van der Waals surface area contributed by atoms with E-state index in [9.17, 15) is 0 Å². The summed E-state index contributed by atoms with van der Waals surface area (Å²) in [6, 6.07) is 127. The molecule has 15 aromatic carbocycles. The lowest BCUT2D eigenvalue weighted by Crippen LogP contribution is -2.20. The van der Waals surface area contributed by atoms with Crippen molar-refractivity contribution >= 4 is 106 Å². The van der Waals surface area contributed by atoms with Crippen LogP contribution in [0.2, 0.25) is 0 Å². The molecule has 6 aromatic heterocycles. The predicted octanol–water partition coefficient (Wildman–Crippen LogP) is 30.8. The molecule has 0 saturated carbocycles. The molecule has 25 rings (SSSR count). The zero-order chi connectivity index (χ0) is 88.1. The van der Waals surface area contributed by atoms with Gasteiger partial charge < -0.3 is 14.2 Å². The highest BCUT2D eigenvalue weighted by Gasteiger charge is 2.44. The minimum absolute atomic E-state index is 0.118. The molecule has 9 heterocycles. The van der Waals surface area contributed by atoms with Gasteiger partial charge in [0.2, 0.25) is 5.95 Å². The highest BCUT2D eigenvalue weighted by molar-refractivity contribution is 7.23. The van der Waals surface area contributed by atoms with Gasteiger partial charge in [-0.05, 0) is 159 Å². The molecule has 0 fully saturated rings. The number of anilines is 9. The number of aromatic nitrogens is 6. The molecular weight excluding hydrogens is 1560 g/mol. The first kappa shape index (κ1) is 69.3. The van der Waals surface area contributed by atoms with Gasteiger partial charge >= 0.3 is 0 Å². The van der Waals surface area contributed by atoms with Crippen molar-refractivity contribution in [2.45, 2.75) is 19.3 Å². The lowest BCUT2D eigenvalue weighted by molar-refractivity contribution is 0.633. The number of rotatable bonds is 9. The van der Waals surface area contributed by atoms with Crippen molar-refractivity contribution in [3.63, 3.8) is 0 Å². The van der Waals surface area contributed by atoms with Crippen molar-refractivity contribution in [1.29, 1.82) is 0 Å². The van der Waals surface area contributed by atoms with E-state index in [1.165, 1.54) is 39.0 Å². The van der Waals surface area contributed by atoms with Crippen LogP contribution < -0.4 is 14.7 Å². The van der Waals surface area contributed by atoms with E-state index in [2.05, 4.69) is 263 Å². The summed E-state index contributed by atoms with van der Waals surface area (Å²) in [6.45, 7) is 4.68. The van der Waals surface area contributed by atoms with Crippen LogP contribution in [0.5, 0.6) is 0 Å². The van der Waals surface area contributed by atoms with Crippen molar-refractivity contribution in [2.24, 2.45) is 0 Å². The quantitative estimate of drug-likeness (QED) is 0.139. The molecule has 21 aromatic rings. The molecule has 10 nitrogen and oxygen atoms in total. The number of hydrogen-bond donors (Lipinski definition) is 0. The summed E-state index contributed by atoms with van der Waals surface area (Å²) in [6.07, 6.45) is 9.25. The number of pyridine rings is 3. The topological polar surface area (TPSA) is 100 Å². The van der Waals surface area contributed by atoms with E-state index in [0.717, 1.165) is 166 Å². The molecule has 0 amide bonds. The van der Waals surface area contributed by atoms with Crippen LogP contribution in [0.3, 0.4) is 0 Å². The maximum atomic E-state index is 8.98. The molecule has 3 aliphatic heterocycles. The van der Waals surface area contributed by atoms with E-state index < -0.39 is 6.04 Å². The van der Waals surface area contributed by atoms with Gasteiger partial charge in [-0.2, -0.15) is 9.97 Å². The van der Waals surface area contributed by atoms with Crippen LogP contribution in [0.1, 0.15) is 43.0 Å². The Balaban J connectivity index is 0.000000112. The first-order chi connectivity index (χ1) is 64.4. The Morgan fingerprint density at radius 1 is 0.333 bits per heavy atom. The number of allylic oxidation sites excluding steroid dienone is 1. The van der Waals surface area contributed by atoms with Gasteiger partial charge in [0, 0.05) is 146 Å². The monoisotopic (exact) mass is 1640 g/mol. The molecule has 0 spiro atoms. The molecule has 11 heteroatoms. The average Bonchev–Trinajstić information content (AvgIpc) is 1.55. The Labute approximate surface area is 741 Å². The molecule has 0 unspecified atom stereocenters. The van der Waals surface area contributed by atoms with Crippen LogP contribution in [0.15, 0.2) is 436 Å². The Bertz CT molecular complexity index is 8020. The standard InChI is InChI=1S/C42H27N3O.C38H28N4.C35H22N2S/c1-2-10-28(11-3-1)29-18-19-39-37(25-29)41-36-15-5-7-17-40(36)46-42(41)35-14-4-6-16-38(35)45(39)34-23-32(30-12-8-20-43-26-30)22-33(24-34)31-13-9-21-44-27-31;1-38(2)30-22-12-9-19-27(30)33-28-20-10-13-23-31(28)42(32-24-14-11-21-29(32)34(33)38)37-40-35(25-15-5-3-6-16-25)39-36(41-37)26-17-7-4-8-18-26;1-2-12-25(13-3-1)37-30-17-6-4-14-28(30)35-33(29-15-5-7-18-32(29)38-35)27-20-19-24(22-31(27)37)26-16-8-10-23-11-9-21-36-34(23)26/h1-27H;3-24H,1-2H3;1-22H/i;;1D,2D,3D,12D,13D. The molecule has 0 radical (unpaired) electrons. The number of para-hydroxylation sites is 7. The van der Waals surface area contributed by atoms with Crippen molar-refractivity contribution in [3.05, 3.63) is 453 Å². The zero-order valence-corrected chi connectivity index (χ0v) is 69.3. The number of thiophene rings is 1. The zero-order valence-electron chi connectivity index (χ0n) is 73.4. The smallest absolute Gasteiger partial charge is 0.238 e. The molecule has 4 aliphatic rings. The Morgan fingerprint density at radius 2 is 0.865 bits per heavy atom. The van der Waals surface area contributed by atoms with Gasteiger partial charge in [-0.3, -0.25) is 19.9 Å². The average molecular weight is 1640 g/mol. The largest absolute Gasteiger partial charge is 0.455 e. The fourth-order valence-electron chi connectivity index (χ4n) is 18.8. The molecule has 126 heavy (non-hydrogen) atoms. The minimum Gasteiger partial charge on any atom is -0.455 e. The van der Waals surface area contributed by atoms with Gasteiger partial charge in [0.1, 0.15) is 11.3 Å². The van der Waals surface area contributed by atoms with Crippen molar-refractivity contribution in [2.75, 3.05) is 14.7 Å². The molecule has 0 N–H and O–H groups in total. The van der Waals surface area contributed by atoms with Gasteiger partial charge in [-0.15, -0.1) is 11.3 Å². The van der Waals surface area contributed by atoms with Gasteiger partial charge in [-0.1, -0.05) is 305 Å². The van der Waals surface area contributed by atoms with Crippen LogP contribution in [0.25, 0.3) is 154 Å². The third-order valence-corrected chi connectivity index (χ3v) is 25.6. The maximum Gasteiger partial charge on any atom is 0.238 e. The predicted molar refractivity (Wildman–Crippen MR) is 520 cm³/mol. The SMILES string of the molecule is CC1(C)C2=C(c3ccccc3N(c3nc(-c4ccccc4)nc(-c4ccccc4)n3)c3ccccc32)c2ccccc21.[2H]c1c([2H])c([2H])c(N2c3ccccc3-c3sc4ccccc4c3-c3ccc(-c4cccc5cccnc45)cc32)c([2H])c1[2H].c1ccc(-c2ccc3c(c2)-c2c(oc4ccccc24)-c2ccccc2N3c2cc(-c3cccnc3)cc(-c3cccnc3)c2)cc1. The fourth-order valence-corrected chi connectivity index (χ4v) is 20.0. The summed E-state index contributed by atoms with van der Waals surface area (Å²) in [4.78, 5) is 36.4. The first-order valence-corrected chi connectivity index (χ1v) is 42.9. The summed E-state index contributed by atoms with van der Waals surface area (Å²) < 4.78 is 51.1. The van der Waals surface area contributed by atoms with Crippen LogP contribution in [0.4, 0.5) is 51.4 Å². The molecule has 0 atom stereocenters. The highest BCUT2D eigenvalue weighted by atomic mass is 32.1. The molecule has 0 bridgehead atoms. The molecule has 594 valence electrons. The third-order valence-electron chi connectivity index (χ3n) is 24.4. The van der Waals surface area contributed by atoms with E-state index in [-0.39, 0.29) is 35.3 Å². The Morgan fingerprint density at radius 3 is 1.56 bits per heavy atom. The number of hydrogen-bond acceptors (Lipinski definition) is 11. The second kappa shape index (κ2) is 31.3. The van der Waals surface area contributed by atoms with Crippen LogP contribution >= 0.6 is 11.3 Å². The highest BCUT2D eigenvalue weighted by Crippen LogP contribution is 2.62. The molecule has 0 saturated heterocycles. The number of fused-ring (bicyclic) bond motifs is 21. The van der Waals surface area contributed by atoms with E-state index in [1.54, 1.807) is 17.5 Å². The van der Waals surface area contributed by atoms with E-state index in [1.807, 2.05) is 175 Å². The van der Waals surface area contributed by atoms with Crippen LogP contribution in [0, 0.1) is 0 Å². The minimum atomic E-state index is -0.414. The summed E-state index contributed by atoms with van der Waals surface area (Å²) in [7, 11) is 0. The van der Waals surface area contributed by atoms with Gasteiger partial charge in [0.05, 0.1) is 46.5 Å². The van der Waals surface area contributed by atoms with Gasteiger partial charge in [-0.25, -0.2) is 4.98 Å². The lowest BCUT2D eigenvalue weighted by Gasteiger charge is -2.29. The molecular formula is C115H77N9OS. The first-order valence-electron chi connectivity index (χ1n) is 44.6. The maximum absolute atomic E-state index is 8.98. The second-order valence-electron chi connectivity index (χ2n) is 32.1. The van der Waals surface area contributed by atoms with E-state index >= 15 is 0 Å². The summed E-state index contributed by atoms with van der Waals surface area (Å²) in [5, 5.41) is 3.23. The van der Waals surface area contributed by atoms with E-state index in [0.29, 0.717) is 17.6 Å². The number of benzene rings is 15. The Hall–Kier alpha value is -16.3. The number of nitrogens with zero attached hydrogens (tertiary/aromatic N) is 9. The van der Waals surface area contributed by atoms with Crippen LogP contribution in [-0.4, -0.2) is 29.9 Å². The Kier molecular flexibility index (Phi) is 17.2. The van der Waals surface area contributed by atoms with Gasteiger partial charge in [0.15, 0.2) is 11.6 Å². The van der Waals surface area contributed by atoms with E-state index in [4.69, 9.17) is 26.2 Å². The van der Waals surface area contributed by atoms with Crippen molar-refractivity contribution in [1.82, 2.24) is 29.9 Å². The van der Waals surface area contributed by atoms with Crippen molar-refractivity contribution in [3.8, 4) is 111 Å². The van der Waals surface area contributed by atoms with Crippen molar-refractivity contribution < 1.29 is 11.3 Å². The normalized spacial score (nSPS) is 13.4. The molecule has 1 aliphatic carbocycles. The summed E-state index contributed by atoms with van der Waals surface area (Å²) in [5.41, 5.74) is 32.6. The fraction of sp³-hybridized carbons (Fsp3) is 0.0261. The van der Waals surface area contributed by atoms with Gasteiger partial charge in [0.25, 0.3) is 0 Å². The second-order valence-corrected chi connectivity index (χ2v) is 33.1.